The SMILES string of the molecule is CCCOC(=O)C1=C(C)NC(C)=C(C(=O)OCCN(C)Cc2ccccc2)C1c1ccc([N+](=O)[O-])cc1F. The van der Waals surface area contributed by atoms with Gasteiger partial charge in [0.05, 0.1) is 34.7 Å². The van der Waals surface area contributed by atoms with Gasteiger partial charge >= 0.3 is 11.9 Å². The number of carbonyl (C=O) groups excluding carboxylic acids is 2. The lowest BCUT2D eigenvalue weighted by Crippen LogP contribution is -2.33. The van der Waals surface area contributed by atoms with Crippen molar-refractivity contribution in [2.45, 2.75) is 39.7 Å². The molecule has 0 radical (unpaired) electrons. The van der Waals surface area contributed by atoms with Gasteiger partial charge in [0.15, 0.2) is 0 Å². The maximum atomic E-state index is 15.3. The van der Waals surface area contributed by atoms with Gasteiger partial charge in [-0.15, -0.1) is 0 Å². The number of hydrogen-bond donors (Lipinski definition) is 1. The van der Waals surface area contributed by atoms with Gasteiger partial charge in [0.2, 0.25) is 0 Å². The zero-order chi connectivity index (χ0) is 27.8. The fraction of sp³-hybridized carbons (Fsp3) is 0.357. The van der Waals surface area contributed by atoms with E-state index in [4.69, 9.17) is 9.47 Å². The lowest BCUT2D eigenvalue weighted by Gasteiger charge is -2.30. The molecule has 0 aliphatic carbocycles. The Bertz CT molecular complexity index is 1260. The summed E-state index contributed by atoms with van der Waals surface area (Å²) < 4.78 is 26.2. The third kappa shape index (κ3) is 6.83. The summed E-state index contributed by atoms with van der Waals surface area (Å²) in [6, 6.07) is 13.0. The second kappa shape index (κ2) is 13.0. The van der Waals surface area contributed by atoms with Crippen LogP contribution in [0.3, 0.4) is 0 Å². The predicted octanol–water partition coefficient (Wildman–Crippen LogP) is 4.60. The van der Waals surface area contributed by atoms with Crippen molar-refractivity contribution in [3.8, 4) is 0 Å². The molecule has 3 rings (SSSR count). The fourth-order valence-corrected chi connectivity index (χ4v) is 4.33. The molecule has 0 fully saturated rings. The van der Waals surface area contributed by atoms with Crippen molar-refractivity contribution in [2.75, 3.05) is 26.8 Å². The normalized spacial score (nSPS) is 15.4. The summed E-state index contributed by atoms with van der Waals surface area (Å²) in [7, 11) is 1.90. The van der Waals surface area contributed by atoms with E-state index in [-0.39, 0.29) is 29.9 Å². The van der Waals surface area contributed by atoms with Gasteiger partial charge in [-0.1, -0.05) is 37.3 Å². The van der Waals surface area contributed by atoms with Crippen molar-refractivity contribution >= 4 is 17.6 Å². The first kappa shape index (κ1) is 28.5. The number of esters is 2. The molecule has 202 valence electrons. The number of rotatable bonds is 11. The summed E-state index contributed by atoms with van der Waals surface area (Å²) in [5.41, 5.74) is 1.48. The third-order valence-corrected chi connectivity index (χ3v) is 6.14. The number of ether oxygens (including phenoxy) is 2. The van der Waals surface area contributed by atoms with Gasteiger partial charge < -0.3 is 14.8 Å². The number of likely N-dealkylation sites (N-methyl/N-ethyl adjacent to an activating group) is 1. The number of dihydropyridines is 1. The maximum absolute atomic E-state index is 15.3. The Labute approximate surface area is 221 Å². The summed E-state index contributed by atoms with van der Waals surface area (Å²) >= 11 is 0. The van der Waals surface area contributed by atoms with Gasteiger partial charge in [0, 0.05) is 36.1 Å². The van der Waals surface area contributed by atoms with Crippen molar-refractivity contribution in [1.29, 1.82) is 0 Å². The van der Waals surface area contributed by atoms with Gasteiger partial charge in [0.25, 0.3) is 5.69 Å². The zero-order valence-corrected chi connectivity index (χ0v) is 22.0. The number of nitrogens with zero attached hydrogens (tertiary/aromatic N) is 2. The molecule has 10 heteroatoms. The minimum atomic E-state index is -1.17. The van der Waals surface area contributed by atoms with Gasteiger partial charge in [-0.05, 0) is 38.9 Å². The molecule has 2 aromatic rings. The Kier molecular flexibility index (Phi) is 9.72. The van der Waals surface area contributed by atoms with Crippen LogP contribution in [-0.4, -0.2) is 48.6 Å². The van der Waals surface area contributed by atoms with Crippen LogP contribution in [0.5, 0.6) is 0 Å². The molecular weight excluding hydrogens is 493 g/mol. The largest absolute Gasteiger partial charge is 0.462 e. The minimum Gasteiger partial charge on any atom is -0.462 e. The fourth-order valence-electron chi connectivity index (χ4n) is 4.33. The van der Waals surface area contributed by atoms with Crippen LogP contribution >= 0.6 is 0 Å². The molecule has 38 heavy (non-hydrogen) atoms. The molecular formula is C28H32FN3O6. The van der Waals surface area contributed by atoms with Gasteiger partial charge in [-0.25, -0.2) is 14.0 Å². The van der Waals surface area contributed by atoms with Crippen molar-refractivity contribution in [3.63, 3.8) is 0 Å². The first-order valence-electron chi connectivity index (χ1n) is 12.3. The van der Waals surface area contributed by atoms with E-state index < -0.39 is 34.3 Å². The number of nitrogens with one attached hydrogen (secondary N) is 1. The average Bonchev–Trinajstić information content (AvgIpc) is 2.87. The molecule has 0 aromatic heterocycles. The van der Waals surface area contributed by atoms with Crippen LogP contribution in [0.2, 0.25) is 0 Å². The number of nitro groups is 1. The second-order valence-corrected chi connectivity index (χ2v) is 9.09. The van der Waals surface area contributed by atoms with Gasteiger partial charge in [-0.3, -0.25) is 15.0 Å². The van der Waals surface area contributed by atoms with Crippen LogP contribution in [0.15, 0.2) is 71.1 Å². The number of carbonyl (C=O) groups is 2. The molecule has 9 nitrogen and oxygen atoms in total. The van der Waals surface area contributed by atoms with Crippen molar-refractivity contribution in [2.24, 2.45) is 0 Å². The van der Waals surface area contributed by atoms with E-state index in [2.05, 4.69) is 5.32 Å². The Hall–Kier alpha value is -4.05. The highest BCUT2D eigenvalue weighted by atomic mass is 19.1. The standard InChI is InChI=1S/C28H32FN3O6/c1-5-14-37-27(33)24-18(2)30-19(3)25(26(24)22-12-11-21(32(35)36)16-23(22)29)28(34)38-15-13-31(4)17-20-9-7-6-8-10-20/h6-12,16,26,30H,5,13-15,17H2,1-4H3. The lowest BCUT2D eigenvalue weighted by molar-refractivity contribution is -0.385. The van der Waals surface area contributed by atoms with E-state index >= 15 is 4.39 Å². The number of hydrogen-bond acceptors (Lipinski definition) is 8. The van der Waals surface area contributed by atoms with Crippen LogP contribution in [-0.2, 0) is 25.6 Å². The number of nitro benzene ring substituents is 1. The van der Waals surface area contributed by atoms with Crippen LogP contribution < -0.4 is 5.32 Å². The van der Waals surface area contributed by atoms with Crippen LogP contribution in [0.4, 0.5) is 10.1 Å². The highest BCUT2D eigenvalue weighted by Crippen LogP contribution is 2.41. The first-order chi connectivity index (χ1) is 18.1. The Morgan fingerprint density at radius 2 is 1.63 bits per heavy atom. The molecule has 1 aliphatic rings. The first-order valence-corrected chi connectivity index (χ1v) is 12.3. The molecule has 1 atom stereocenters. The van der Waals surface area contributed by atoms with Crippen LogP contribution in [0.25, 0.3) is 0 Å². The van der Waals surface area contributed by atoms with Gasteiger partial charge in [-0.2, -0.15) is 0 Å². The molecule has 0 bridgehead atoms. The Balaban J connectivity index is 1.88. The van der Waals surface area contributed by atoms with E-state index in [1.54, 1.807) is 13.8 Å². The molecule has 0 saturated heterocycles. The Morgan fingerprint density at radius 3 is 2.18 bits per heavy atom. The van der Waals surface area contributed by atoms with E-state index in [0.29, 0.717) is 30.9 Å². The minimum absolute atomic E-state index is 0.0394. The molecule has 1 heterocycles. The topological polar surface area (TPSA) is 111 Å². The smallest absolute Gasteiger partial charge is 0.336 e. The van der Waals surface area contributed by atoms with Crippen molar-refractivity contribution in [3.05, 3.63) is 98.1 Å². The van der Waals surface area contributed by atoms with E-state index in [0.717, 1.165) is 17.7 Å². The second-order valence-electron chi connectivity index (χ2n) is 9.09. The van der Waals surface area contributed by atoms with Crippen molar-refractivity contribution < 1.29 is 28.4 Å². The number of benzene rings is 2. The molecule has 0 spiro atoms. The van der Waals surface area contributed by atoms with Crippen LogP contribution in [0, 0.1) is 15.9 Å². The summed E-state index contributed by atoms with van der Waals surface area (Å²) in [6.45, 7) is 6.40. The molecule has 1 unspecified atom stereocenters. The summed E-state index contributed by atoms with van der Waals surface area (Å²) in [6.07, 6.45) is 0.572. The molecule has 1 N–H and O–H groups in total. The molecule has 1 aliphatic heterocycles. The predicted molar refractivity (Wildman–Crippen MR) is 139 cm³/mol. The zero-order valence-electron chi connectivity index (χ0n) is 22.0. The van der Waals surface area contributed by atoms with E-state index in [9.17, 15) is 19.7 Å². The third-order valence-electron chi connectivity index (χ3n) is 6.14. The maximum Gasteiger partial charge on any atom is 0.336 e. The number of allylic oxidation sites excluding steroid dienone is 2. The lowest BCUT2D eigenvalue weighted by atomic mass is 9.80. The highest BCUT2D eigenvalue weighted by Gasteiger charge is 2.39. The quantitative estimate of drug-likeness (QED) is 0.258. The van der Waals surface area contributed by atoms with Crippen LogP contribution in [0.1, 0.15) is 44.2 Å². The number of non-ortho nitro benzene ring substituents is 1. The average molecular weight is 526 g/mol. The summed E-state index contributed by atoms with van der Waals surface area (Å²) in [5, 5.41) is 14.2. The summed E-state index contributed by atoms with van der Waals surface area (Å²) in [5.74, 6) is -3.52. The van der Waals surface area contributed by atoms with Gasteiger partial charge in [0.1, 0.15) is 12.4 Å². The number of halogens is 1. The molecule has 0 amide bonds. The highest BCUT2D eigenvalue weighted by molar-refractivity contribution is 6.00. The van der Waals surface area contributed by atoms with E-state index in [1.165, 1.54) is 6.07 Å². The Morgan fingerprint density at radius 1 is 1.03 bits per heavy atom. The molecule has 0 saturated carbocycles. The van der Waals surface area contributed by atoms with Crippen molar-refractivity contribution in [1.82, 2.24) is 10.2 Å². The summed E-state index contributed by atoms with van der Waals surface area (Å²) in [4.78, 5) is 38.9. The monoisotopic (exact) mass is 525 g/mol. The molecule has 2 aromatic carbocycles. The van der Waals surface area contributed by atoms with E-state index in [1.807, 2.05) is 49.2 Å².